The third kappa shape index (κ3) is 5.29. The number of alkyl halides is 1. The van der Waals surface area contributed by atoms with Gasteiger partial charge in [0.1, 0.15) is 0 Å². The molecule has 0 N–H and O–H groups in total. The monoisotopic (exact) mass is 265 g/mol. The van der Waals surface area contributed by atoms with Crippen LogP contribution in [0.2, 0.25) is 0 Å². The van der Waals surface area contributed by atoms with Gasteiger partial charge >= 0.3 is 0 Å². The van der Waals surface area contributed by atoms with Crippen molar-refractivity contribution in [2.24, 2.45) is 0 Å². The summed E-state index contributed by atoms with van der Waals surface area (Å²) in [5.74, 6) is 0. The molecule has 1 rings (SSSR count). The molecule has 0 radical (unpaired) electrons. The molecule has 0 unspecified atom stereocenters. The van der Waals surface area contributed by atoms with E-state index in [0.29, 0.717) is 13.2 Å². The molecular weight excluding hydrogens is 246 g/mol. The summed E-state index contributed by atoms with van der Waals surface area (Å²) in [6.45, 7) is 4.43. The first-order valence-electron chi connectivity index (χ1n) is 5.25. The second-order valence-electron chi connectivity index (χ2n) is 3.56. The summed E-state index contributed by atoms with van der Waals surface area (Å²) in [6, 6.07) is 0.832. The van der Waals surface area contributed by atoms with Crippen LogP contribution in [0.25, 0.3) is 0 Å². The SMILES string of the molecule is COCCOCCN(CCBr)C1CC1. The lowest BCUT2D eigenvalue weighted by Crippen LogP contribution is -2.31. The smallest absolute Gasteiger partial charge is 0.0700 e. The quantitative estimate of drug-likeness (QED) is 0.466. The maximum Gasteiger partial charge on any atom is 0.0700 e. The van der Waals surface area contributed by atoms with Gasteiger partial charge < -0.3 is 9.47 Å². The Hall–Kier alpha value is 0.360. The molecule has 1 fully saturated rings. The van der Waals surface area contributed by atoms with Crippen LogP contribution >= 0.6 is 15.9 Å². The Bertz CT molecular complexity index is 142. The molecule has 1 saturated carbocycles. The van der Waals surface area contributed by atoms with Crippen molar-refractivity contribution in [2.45, 2.75) is 18.9 Å². The highest BCUT2D eigenvalue weighted by molar-refractivity contribution is 9.09. The van der Waals surface area contributed by atoms with Crippen molar-refractivity contribution in [3.63, 3.8) is 0 Å². The van der Waals surface area contributed by atoms with Crippen molar-refractivity contribution < 1.29 is 9.47 Å². The average Bonchev–Trinajstić information content (AvgIpc) is 2.99. The Labute approximate surface area is 94.9 Å². The van der Waals surface area contributed by atoms with Crippen LogP contribution in [0.1, 0.15) is 12.8 Å². The Kier molecular flexibility index (Phi) is 6.77. The fraction of sp³-hybridized carbons (Fsp3) is 1.00. The minimum atomic E-state index is 0.696. The zero-order valence-corrected chi connectivity index (χ0v) is 10.5. The second-order valence-corrected chi connectivity index (χ2v) is 4.35. The van der Waals surface area contributed by atoms with Gasteiger partial charge in [-0.2, -0.15) is 0 Å². The van der Waals surface area contributed by atoms with E-state index in [1.807, 2.05) is 0 Å². The molecule has 0 amide bonds. The first-order chi connectivity index (χ1) is 6.88. The maximum atomic E-state index is 5.45. The van der Waals surface area contributed by atoms with E-state index in [1.54, 1.807) is 7.11 Å². The number of hydrogen-bond donors (Lipinski definition) is 0. The van der Waals surface area contributed by atoms with Crippen molar-refractivity contribution >= 4 is 15.9 Å². The summed E-state index contributed by atoms with van der Waals surface area (Å²) >= 11 is 3.48. The lowest BCUT2D eigenvalue weighted by atomic mass is 10.4. The van der Waals surface area contributed by atoms with Gasteiger partial charge in [0.15, 0.2) is 0 Å². The van der Waals surface area contributed by atoms with Crippen molar-refractivity contribution in [1.82, 2.24) is 4.90 Å². The molecule has 4 heteroatoms. The molecule has 0 spiro atoms. The molecule has 0 heterocycles. The Morgan fingerprint density at radius 2 is 2.00 bits per heavy atom. The lowest BCUT2D eigenvalue weighted by molar-refractivity contribution is 0.0569. The van der Waals surface area contributed by atoms with Gasteiger partial charge in [0.05, 0.1) is 19.8 Å². The van der Waals surface area contributed by atoms with E-state index in [-0.39, 0.29) is 0 Å². The predicted octanol–water partition coefficient (Wildman–Crippen LogP) is 1.51. The summed E-state index contributed by atoms with van der Waals surface area (Å²) < 4.78 is 10.4. The molecule has 14 heavy (non-hydrogen) atoms. The average molecular weight is 266 g/mol. The molecule has 0 bridgehead atoms. The molecule has 0 aromatic rings. The van der Waals surface area contributed by atoms with Gasteiger partial charge in [0, 0.05) is 31.6 Å². The Morgan fingerprint density at radius 1 is 1.21 bits per heavy atom. The molecule has 1 aliphatic carbocycles. The van der Waals surface area contributed by atoms with Crippen LogP contribution in [0.5, 0.6) is 0 Å². The predicted molar refractivity (Wildman–Crippen MR) is 61.1 cm³/mol. The van der Waals surface area contributed by atoms with Crippen LogP contribution in [0.3, 0.4) is 0 Å². The zero-order valence-electron chi connectivity index (χ0n) is 8.88. The number of rotatable bonds is 9. The number of ether oxygens (including phenoxy) is 2. The number of nitrogens with zero attached hydrogens (tertiary/aromatic N) is 1. The highest BCUT2D eigenvalue weighted by Gasteiger charge is 2.27. The summed E-state index contributed by atoms with van der Waals surface area (Å²) in [4.78, 5) is 2.50. The van der Waals surface area contributed by atoms with Gasteiger partial charge in [0.2, 0.25) is 0 Å². The van der Waals surface area contributed by atoms with Crippen LogP contribution < -0.4 is 0 Å². The van der Waals surface area contributed by atoms with Crippen LogP contribution in [0.4, 0.5) is 0 Å². The summed E-state index contributed by atoms with van der Waals surface area (Å²) in [5.41, 5.74) is 0. The molecule has 3 nitrogen and oxygen atoms in total. The van der Waals surface area contributed by atoms with Crippen molar-refractivity contribution in [2.75, 3.05) is 45.4 Å². The van der Waals surface area contributed by atoms with E-state index in [2.05, 4.69) is 20.8 Å². The van der Waals surface area contributed by atoms with Gasteiger partial charge in [-0.05, 0) is 12.8 Å². The van der Waals surface area contributed by atoms with E-state index < -0.39 is 0 Å². The van der Waals surface area contributed by atoms with Gasteiger partial charge in [0.25, 0.3) is 0 Å². The molecular formula is C10H20BrNO2. The van der Waals surface area contributed by atoms with Gasteiger partial charge in [-0.15, -0.1) is 0 Å². The second kappa shape index (κ2) is 7.63. The molecule has 0 saturated heterocycles. The highest BCUT2D eigenvalue weighted by Crippen LogP contribution is 2.26. The van der Waals surface area contributed by atoms with Gasteiger partial charge in [-0.3, -0.25) is 4.90 Å². The summed E-state index contributed by atoms with van der Waals surface area (Å²) in [7, 11) is 1.70. The minimum absolute atomic E-state index is 0.696. The minimum Gasteiger partial charge on any atom is -0.382 e. The first-order valence-corrected chi connectivity index (χ1v) is 6.37. The van der Waals surface area contributed by atoms with E-state index in [1.165, 1.54) is 12.8 Å². The summed E-state index contributed by atoms with van der Waals surface area (Å²) in [5, 5.41) is 1.06. The Balaban J connectivity index is 1.96. The Morgan fingerprint density at radius 3 is 2.57 bits per heavy atom. The van der Waals surface area contributed by atoms with E-state index >= 15 is 0 Å². The van der Waals surface area contributed by atoms with Gasteiger partial charge in [-0.25, -0.2) is 0 Å². The third-order valence-corrected chi connectivity index (χ3v) is 2.74. The van der Waals surface area contributed by atoms with Crippen molar-refractivity contribution in [3.05, 3.63) is 0 Å². The van der Waals surface area contributed by atoms with Crippen LogP contribution in [0.15, 0.2) is 0 Å². The van der Waals surface area contributed by atoms with Gasteiger partial charge in [-0.1, -0.05) is 15.9 Å². The third-order valence-electron chi connectivity index (χ3n) is 2.39. The molecule has 0 aromatic heterocycles. The van der Waals surface area contributed by atoms with Crippen molar-refractivity contribution in [1.29, 1.82) is 0 Å². The fourth-order valence-corrected chi connectivity index (χ4v) is 1.91. The lowest BCUT2D eigenvalue weighted by Gasteiger charge is -2.20. The zero-order chi connectivity index (χ0) is 10.2. The standard InChI is InChI=1S/C10H20BrNO2/c1-13-8-9-14-7-6-12(5-4-11)10-2-3-10/h10H,2-9H2,1H3. The van der Waals surface area contributed by atoms with E-state index in [9.17, 15) is 0 Å². The number of hydrogen-bond acceptors (Lipinski definition) is 3. The molecule has 0 atom stereocenters. The molecule has 84 valence electrons. The summed E-state index contributed by atoms with van der Waals surface area (Å²) in [6.07, 6.45) is 2.73. The number of methoxy groups -OCH3 is 1. The largest absolute Gasteiger partial charge is 0.382 e. The first kappa shape index (κ1) is 12.4. The topological polar surface area (TPSA) is 21.7 Å². The van der Waals surface area contributed by atoms with Crippen LogP contribution in [-0.4, -0.2) is 56.3 Å². The normalized spacial score (nSPS) is 16.5. The van der Waals surface area contributed by atoms with E-state index in [0.717, 1.165) is 31.1 Å². The molecule has 0 aliphatic heterocycles. The number of halogens is 1. The molecule has 1 aliphatic rings. The molecule has 0 aromatic carbocycles. The van der Waals surface area contributed by atoms with Crippen LogP contribution in [-0.2, 0) is 9.47 Å². The fourth-order valence-electron chi connectivity index (χ4n) is 1.45. The van der Waals surface area contributed by atoms with E-state index in [4.69, 9.17) is 9.47 Å². The van der Waals surface area contributed by atoms with Crippen molar-refractivity contribution in [3.8, 4) is 0 Å². The maximum absolute atomic E-state index is 5.45. The van der Waals surface area contributed by atoms with Crippen LogP contribution in [0, 0.1) is 0 Å². The highest BCUT2D eigenvalue weighted by atomic mass is 79.9.